The summed E-state index contributed by atoms with van der Waals surface area (Å²) in [5, 5.41) is 5.32. The first-order chi connectivity index (χ1) is 13.2. The second kappa shape index (κ2) is 9.68. The van der Waals surface area contributed by atoms with Crippen molar-refractivity contribution in [1.82, 2.24) is 10.0 Å². The van der Waals surface area contributed by atoms with E-state index in [2.05, 4.69) is 20.3 Å². The van der Waals surface area contributed by atoms with Crippen molar-refractivity contribution in [2.75, 3.05) is 11.9 Å². The number of hydrogen-bond acceptors (Lipinski definition) is 5. The summed E-state index contributed by atoms with van der Waals surface area (Å²) in [4.78, 5) is 28.1. The topological polar surface area (TPSA) is 117 Å². The Hall–Kier alpha value is -2.42. The number of aliphatic imine (C=N–C) groups is 1. The highest BCUT2D eigenvalue weighted by Gasteiger charge is 2.23. The summed E-state index contributed by atoms with van der Waals surface area (Å²) in [7, 11) is -3.72. The molecule has 1 aromatic carbocycles. The Bertz CT molecular complexity index is 832. The van der Waals surface area contributed by atoms with Gasteiger partial charge >= 0.3 is 0 Å². The fourth-order valence-electron chi connectivity index (χ4n) is 2.86. The highest BCUT2D eigenvalue weighted by Crippen LogP contribution is 2.16. The number of nitrogens with one attached hydrogen (secondary N) is 3. The van der Waals surface area contributed by atoms with Gasteiger partial charge in [0, 0.05) is 25.6 Å². The van der Waals surface area contributed by atoms with E-state index in [0.29, 0.717) is 24.5 Å². The van der Waals surface area contributed by atoms with E-state index >= 15 is 0 Å². The van der Waals surface area contributed by atoms with Crippen LogP contribution in [0.15, 0.2) is 34.2 Å². The zero-order chi connectivity index (χ0) is 20.7. The molecule has 8 nitrogen and oxygen atoms in total. The second-order valence-corrected chi connectivity index (χ2v) is 8.86. The summed E-state index contributed by atoms with van der Waals surface area (Å²) in [6.45, 7) is 5.65. The van der Waals surface area contributed by atoms with Crippen molar-refractivity contribution in [2.24, 2.45) is 10.9 Å². The van der Waals surface area contributed by atoms with Gasteiger partial charge in [0.1, 0.15) is 11.9 Å². The largest absolute Gasteiger partial charge is 0.344 e. The Labute approximate surface area is 166 Å². The van der Waals surface area contributed by atoms with E-state index in [0.717, 1.165) is 19.3 Å². The van der Waals surface area contributed by atoms with Gasteiger partial charge in [-0.3, -0.25) is 19.3 Å². The molecule has 1 aliphatic rings. The third-order valence-electron chi connectivity index (χ3n) is 4.37. The van der Waals surface area contributed by atoms with Crippen LogP contribution in [0.1, 0.15) is 46.5 Å². The molecule has 0 fully saturated rings. The quantitative estimate of drug-likeness (QED) is 0.668. The van der Waals surface area contributed by atoms with Crippen LogP contribution in [0, 0.1) is 5.92 Å². The fraction of sp³-hybridized carbons (Fsp3) is 0.526. The standard InChI is InChI=1S/C19H28N4O4S/c1-13(2)18(21-14(3)24)19(25)22-15-8-10-16(11-9-15)28(26,27)23-17-7-5-4-6-12-20-17/h8-11,13,18H,4-7,12H2,1-3H3,(H,20,23)(H,21,24)(H,22,25)/t18-/m1/s1. The van der Waals surface area contributed by atoms with Crippen LogP contribution in [0.3, 0.4) is 0 Å². The van der Waals surface area contributed by atoms with Crippen LogP contribution in [-0.2, 0) is 19.6 Å². The first kappa shape index (κ1) is 21.9. The number of carbonyl (C=O) groups excluding carboxylic acids is 2. The summed E-state index contributed by atoms with van der Waals surface area (Å²) in [5.41, 5.74) is 0.451. The van der Waals surface area contributed by atoms with E-state index in [4.69, 9.17) is 0 Å². The predicted molar refractivity (Wildman–Crippen MR) is 109 cm³/mol. The highest BCUT2D eigenvalue weighted by atomic mass is 32.2. The SMILES string of the molecule is CC(=O)N[C@@H](C(=O)Nc1ccc(S(=O)(=O)NC2=NCCCCC2)cc1)C(C)C. The summed E-state index contributed by atoms with van der Waals surface area (Å²) in [6.07, 6.45) is 3.54. The van der Waals surface area contributed by atoms with Crippen molar-refractivity contribution in [1.29, 1.82) is 0 Å². The molecule has 1 aromatic rings. The average Bonchev–Trinajstić information content (AvgIpc) is 2.87. The first-order valence-corrected chi connectivity index (χ1v) is 10.9. The fourth-order valence-corrected chi connectivity index (χ4v) is 3.95. The third kappa shape index (κ3) is 6.33. The number of benzene rings is 1. The maximum Gasteiger partial charge on any atom is 0.262 e. The smallest absolute Gasteiger partial charge is 0.262 e. The minimum absolute atomic E-state index is 0.0897. The average molecular weight is 409 g/mol. The number of hydrogen-bond donors (Lipinski definition) is 3. The van der Waals surface area contributed by atoms with Crippen molar-refractivity contribution < 1.29 is 18.0 Å². The van der Waals surface area contributed by atoms with Crippen LogP contribution in [0.25, 0.3) is 0 Å². The molecular weight excluding hydrogens is 380 g/mol. The van der Waals surface area contributed by atoms with Gasteiger partial charge < -0.3 is 10.6 Å². The molecule has 3 N–H and O–H groups in total. The van der Waals surface area contributed by atoms with Crippen LogP contribution >= 0.6 is 0 Å². The molecule has 0 aliphatic carbocycles. The summed E-state index contributed by atoms with van der Waals surface area (Å²) in [5.74, 6) is -0.243. The number of nitrogens with zero attached hydrogens (tertiary/aromatic N) is 1. The normalized spacial score (nSPS) is 15.9. The molecule has 1 heterocycles. The van der Waals surface area contributed by atoms with E-state index in [1.807, 2.05) is 13.8 Å². The molecule has 1 atom stereocenters. The molecule has 9 heteroatoms. The van der Waals surface area contributed by atoms with E-state index in [1.165, 1.54) is 31.2 Å². The third-order valence-corrected chi connectivity index (χ3v) is 5.76. The molecule has 1 aliphatic heterocycles. The molecule has 28 heavy (non-hydrogen) atoms. The Kier molecular flexibility index (Phi) is 7.56. The highest BCUT2D eigenvalue weighted by molar-refractivity contribution is 7.90. The molecule has 2 amide bonds. The number of amidine groups is 1. The molecule has 0 aromatic heterocycles. The van der Waals surface area contributed by atoms with E-state index in [1.54, 1.807) is 0 Å². The Balaban J connectivity index is 2.06. The number of amides is 2. The van der Waals surface area contributed by atoms with Crippen LogP contribution in [0.2, 0.25) is 0 Å². The predicted octanol–water partition coefficient (Wildman–Crippen LogP) is 2.04. The van der Waals surface area contributed by atoms with Gasteiger partial charge in [-0.1, -0.05) is 20.3 Å². The monoisotopic (exact) mass is 408 g/mol. The van der Waals surface area contributed by atoms with Gasteiger partial charge in [0.2, 0.25) is 11.8 Å². The molecule has 0 radical (unpaired) electrons. The van der Waals surface area contributed by atoms with Crippen LogP contribution < -0.4 is 15.4 Å². The second-order valence-electron chi connectivity index (χ2n) is 7.18. The molecule has 2 rings (SSSR count). The number of anilines is 1. The minimum atomic E-state index is -3.72. The van der Waals surface area contributed by atoms with Gasteiger partial charge in [-0.05, 0) is 43.0 Å². The molecular formula is C19H28N4O4S. The van der Waals surface area contributed by atoms with Crippen molar-refractivity contribution in [2.45, 2.75) is 57.4 Å². The lowest BCUT2D eigenvalue weighted by Crippen LogP contribution is -2.46. The number of carbonyl (C=O) groups is 2. The van der Waals surface area contributed by atoms with Crippen molar-refractivity contribution in [3.63, 3.8) is 0 Å². The summed E-state index contributed by atoms with van der Waals surface area (Å²) in [6, 6.07) is 5.23. The lowest BCUT2D eigenvalue weighted by molar-refractivity contribution is -0.126. The maximum absolute atomic E-state index is 12.5. The lowest BCUT2D eigenvalue weighted by Gasteiger charge is -2.21. The summed E-state index contributed by atoms with van der Waals surface area (Å²) < 4.78 is 27.6. The van der Waals surface area contributed by atoms with Crippen LogP contribution in [-0.4, -0.2) is 38.7 Å². The molecule has 0 saturated heterocycles. The van der Waals surface area contributed by atoms with Gasteiger partial charge in [-0.25, -0.2) is 8.42 Å². The van der Waals surface area contributed by atoms with Gasteiger partial charge in [-0.15, -0.1) is 0 Å². The van der Waals surface area contributed by atoms with Gasteiger partial charge in [0.15, 0.2) is 0 Å². The van der Waals surface area contributed by atoms with E-state index < -0.39 is 16.1 Å². The zero-order valence-corrected chi connectivity index (χ0v) is 17.3. The molecule has 0 saturated carbocycles. The first-order valence-electron chi connectivity index (χ1n) is 9.43. The maximum atomic E-state index is 12.5. The van der Waals surface area contributed by atoms with Gasteiger partial charge in [0.05, 0.1) is 4.90 Å². The molecule has 0 bridgehead atoms. The van der Waals surface area contributed by atoms with Crippen LogP contribution in [0.4, 0.5) is 5.69 Å². The van der Waals surface area contributed by atoms with E-state index in [-0.39, 0.29) is 22.6 Å². The Morgan fingerprint density at radius 2 is 1.75 bits per heavy atom. The van der Waals surface area contributed by atoms with Gasteiger partial charge in [0.25, 0.3) is 10.0 Å². The molecule has 0 unspecified atom stereocenters. The van der Waals surface area contributed by atoms with Crippen molar-refractivity contribution in [3.05, 3.63) is 24.3 Å². The Morgan fingerprint density at radius 1 is 1.07 bits per heavy atom. The molecule has 0 spiro atoms. The van der Waals surface area contributed by atoms with Crippen molar-refractivity contribution >= 4 is 33.4 Å². The van der Waals surface area contributed by atoms with Crippen LogP contribution in [0.5, 0.6) is 0 Å². The minimum Gasteiger partial charge on any atom is -0.344 e. The van der Waals surface area contributed by atoms with Gasteiger partial charge in [-0.2, -0.15) is 0 Å². The summed E-state index contributed by atoms with van der Waals surface area (Å²) >= 11 is 0. The number of rotatable bonds is 6. The number of sulfonamides is 1. The lowest BCUT2D eigenvalue weighted by atomic mass is 10.0. The van der Waals surface area contributed by atoms with E-state index in [9.17, 15) is 18.0 Å². The van der Waals surface area contributed by atoms with Crippen molar-refractivity contribution in [3.8, 4) is 0 Å². The Morgan fingerprint density at radius 3 is 2.36 bits per heavy atom. The molecule has 154 valence electrons. The zero-order valence-electron chi connectivity index (χ0n) is 16.5.